The van der Waals surface area contributed by atoms with Crippen molar-refractivity contribution in [3.05, 3.63) is 59.1 Å². The molecule has 6 nitrogen and oxygen atoms in total. The van der Waals surface area contributed by atoms with E-state index in [2.05, 4.69) is 11.9 Å². The number of nitrogens with one attached hydrogen (secondary N) is 1. The van der Waals surface area contributed by atoms with Gasteiger partial charge in [-0.15, -0.1) is 6.58 Å². The molecule has 1 N–H and O–H groups in total. The molecule has 0 aliphatic carbocycles. The molecule has 0 saturated heterocycles. The third-order valence-electron chi connectivity index (χ3n) is 3.75. The molecule has 1 heterocycles. The Labute approximate surface area is 166 Å². The van der Waals surface area contributed by atoms with E-state index in [1.165, 1.54) is 6.07 Å². The molecular formula is C19H16Cl2N2O4. The SMILES string of the molecule is C=CCN1C(=O)COc2ccc(NC(=O)COc3ccc(Cl)cc3Cl)cc21. The summed E-state index contributed by atoms with van der Waals surface area (Å²) in [6, 6.07) is 9.80. The molecule has 0 unspecified atom stereocenters. The Kier molecular flexibility index (Phi) is 5.88. The van der Waals surface area contributed by atoms with E-state index in [0.717, 1.165) is 0 Å². The van der Waals surface area contributed by atoms with E-state index >= 15 is 0 Å². The number of hydrogen-bond acceptors (Lipinski definition) is 4. The first-order valence-corrected chi connectivity index (χ1v) is 8.79. The third-order valence-corrected chi connectivity index (χ3v) is 4.28. The number of halogens is 2. The Bertz CT molecular complexity index is 901. The molecule has 0 saturated carbocycles. The van der Waals surface area contributed by atoms with E-state index in [0.29, 0.717) is 39.5 Å². The van der Waals surface area contributed by atoms with E-state index in [1.54, 1.807) is 41.3 Å². The minimum Gasteiger partial charge on any atom is -0.482 e. The van der Waals surface area contributed by atoms with Crippen LogP contribution in [0.25, 0.3) is 0 Å². The molecule has 2 aromatic carbocycles. The van der Waals surface area contributed by atoms with Crippen LogP contribution in [0.15, 0.2) is 49.1 Å². The molecular weight excluding hydrogens is 391 g/mol. The number of nitrogens with zero attached hydrogens (tertiary/aromatic N) is 1. The minimum atomic E-state index is -0.376. The molecule has 1 aliphatic heterocycles. The summed E-state index contributed by atoms with van der Waals surface area (Å²) in [4.78, 5) is 25.7. The topological polar surface area (TPSA) is 67.9 Å². The van der Waals surface area contributed by atoms with Gasteiger partial charge in [0.1, 0.15) is 11.5 Å². The number of benzene rings is 2. The van der Waals surface area contributed by atoms with Crippen LogP contribution in [-0.2, 0) is 9.59 Å². The second kappa shape index (κ2) is 8.33. The smallest absolute Gasteiger partial charge is 0.265 e. The summed E-state index contributed by atoms with van der Waals surface area (Å²) < 4.78 is 10.8. The summed E-state index contributed by atoms with van der Waals surface area (Å²) in [5.74, 6) is 0.377. The lowest BCUT2D eigenvalue weighted by Gasteiger charge is -2.28. The standard InChI is InChI=1S/C19H16Cl2N2O4/c1-2-7-23-15-9-13(4-6-17(15)27-11-19(23)25)22-18(24)10-26-16-5-3-12(20)8-14(16)21/h2-6,8-9H,1,7,10-11H2,(H,22,24). The average Bonchev–Trinajstić information content (AvgIpc) is 2.63. The fraction of sp³-hybridized carbons (Fsp3) is 0.158. The van der Waals surface area contributed by atoms with Crippen molar-refractivity contribution in [2.24, 2.45) is 0 Å². The lowest BCUT2D eigenvalue weighted by Crippen LogP contribution is -2.38. The van der Waals surface area contributed by atoms with Crippen LogP contribution in [0.1, 0.15) is 0 Å². The quantitative estimate of drug-likeness (QED) is 0.738. The van der Waals surface area contributed by atoms with E-state index in [9.17, 15) is 9.59 Å². The summed E-state index contributed by atoms with van der Waals surface area (Å²) in [5, 5.41) is 3.52. The van der Waals surface area contributed by atoms with Gasteiger partial charge in [-0.1, -0.05) is 29.3 Å². The maximum absolute atomic E-state index is 12.2. The molecule has 3 rings (SSSR count). The molecule has 140 valence electrons. The molecule has 0 atom stereocenters. The predicted octanol–water partition coefficient (Wildman–Crippen LogP) is 3.92. The highest BCUT2D eigenvalue weighted by Gasteiger charge is 2.25. The van der Waals surface area contributed by atoms with Gasteiger partial charge in [0.25, 0.3) is 11.8 Å². The number of rotatable bonds is 6. The zero-order valence-corrected chi connectivity index (χ0v) is 15.7. The van der Waals surface area contributed by atoms with E-state index < -0.39 is 0 Å². The number of carbonyl (C=O) groups excluding carboxylic acids is 2. The van der Waals surface area contributed by atoms with E-state index in [-0.39, 0.29) is 25.0 Å². The van der Waals surface area contributed by atoms with Crippen molar-refractivity contribution in [1.29, 1.82) is 0 Å². The maximum atomic E-state index is 12.2. The van der Waals surface area contributed by atoms with Crippen molar-refractivity contribution < 1.29 is 19.1 Å². The fourth-order valence-corrected chi connectivity index (χ4v) is 3.00. The van der Waals surface area contributed by atoms with Gasteiger partial charge in [-0.3, -0.25) is 9.59 Å². The zero-order valence-electron chi connectivity index (χ0n) is 14.2. The van der Waals surface area contributed by atoms with Crippen LogP contribution in [0, 0.1) is 0 Å². The monoisotopic (exact) mass is 406 g/mol. The normalized spacial score (nSPS) is 12.8. The number of carbonyl (C=O) groups is 2. The molecule has 27 heavy (non-hydrogen) atoms. The van der Waals surface area contributed by atoms with Gasteiger partial charge < -0.3 is 19.7 Å². The first-order valence-electron chi connectivity index (χ1n) is 8.03. The molecule has 1 aliphatic rings. The summed E-state index contributed by atoms with van der Waals surface area (Å²) in [7, 11) is 0. The van der Waals surface area contributed by atoms with Crippen LogP contribution in [0.3, 0.4) is 0 Å². The van der Waals surface area contributed by atoms with Crippen molar-refractivity contribution in [2.45, 2.75) is 0 Å². The second-order valence-electron chi connectivity index (χ2n) is 5.68. The van der Waals surface area contributed by atoms with Gasteiger partial charge in [0.15, 0.2) is 13.2 Å². The average molecular weight is 407 g/mol. The Morgan fingerprint density at radius 1 is 1.30 bits per heavy atom. The molecule has 2 amide bonds. The second-order valence-corrected chi connectivity index (χ2v) is 6.52. The van der Waals surface area contributed by atoms with Crippen LogP contribution in [0.5, 0.6) is 11.5 Å². The van der Waals surface area contributed by atoms with E-state index in [1.807, 2.05) is 0 Å². The van der Waals surface area contributed by atoms with Crippen molar-refractivity contribution in [3.63, 3.8) is 0 Å². The molecule has 0 aromatic heterocycles. The van der Waals surface area contributed by atoms with Gasteiger partial charge in [-0.2, -0.15) is 0 Å². The van der Waals surface area contributed by atoms with Gasteiger partial charge in [0, 0.05) is 17.3 Å². The van der Waals surface area contributed by atoms with Gasteiger partial charge >= 0.3 is 0 Å². The Balaban J connectivity index is 1.67. The molecule has 0 spiro atoms. The molecule has 8 heteroatoms. The van der Waals surface area contributed by atoms with Crippen molar-refractivity contribution >= 4 is 46.4 Å². The third kappa shape index (κ3) is 4.53. The van der Waals surface area contributed by atoms with E-state index in [4.69, 9.17) is 32.7 Å². The lowest BCUT2D eigenvalue weighted by molar-refractivity contribution is -0.121. The molecule has 0 radical (unpaired) electrons. The van der Waals surface area contributed by atoms with Crippen LogP contribution >= 0.6 is 23.2 Å². The zero-order chi connectivity index (χ0) is 19.4. The van der Waals surface area contributed by atoms with Crippen LogP contribution < -0.4 is 19.7 Å². The highest BCUT2D eigenvalue weighted by atomic mass is 35.5. The van der Waals surface area contributed by atoms with Gasteiger partial charge in [0.2, 0.25) is 0 Å². The number of fused-ring (bicyclic) bond motifs is 1. The summed E-state index contributed by atoms with van der Waals surface area (Å²) in [5.41, 5.74) is 1.09. The number of hydrogen-bond donors (Lipinski definition) is 1. The molecule has 0 bridgehead atoms. The first-order chi connectivity index (χ1) is 13.0. The van der Waals surface area contributed by atoms with Crippen LogP contribution in [-0.4, -0.2) is 31.6 Å². The number of amides is 2. The molecule has 0 fully saturated rings. The highest BCUT2D eigenvalue weighted by Crippen LogP contribution is 2.34. The molecule has 2 aromatic rings. The van der Waals surface area contributed by atoms with Crippen molar-refractivity contribution in [2.75, 3.05) is 30.0 Å². The Morgan fingerprint density at radius 2 is 2.11 bits per heavy atom. The fourth-order valence-electron chi connectivity index (χ4n) is 2.54. The predicted molar refractivity (Wildman–Crippen MR) is 105 cm³/mol. The van der Waals surface area contributed by atoms with Gasteiger partial charge in [0.05, 0.1) is 10.7 Å². The largest absolute Gasteiger partial charge is 0.482 e. The Morgan fingerprint density at radius 3 is 2.85 bits per heavy atom. The number of ether oxygens (including phenoxy) is 2. The van der Waals surface area contributed by atoms with Crippen LogP contribution in [0.2, 0.25) is 10.0 Å². The van der Waals surface area contributed by atoms with Crippen LogP contribution in [0.4, 0.5) is 11.4 Å². The Hall–Kier alpha value is -2.70. The summed E-state index contributed by atoms with van der Waals surface area (Å²) in [6.07, 6.45) is 1.63. The van der Waals surface area contributed by atoms with Crippen molar-refractivity contribution in [1.82, 2.24) is 0 Å². The first kappa shape index (κ1) is 19.1. The highest BCUT2D eigenvalue weighted by molar-refractivity contribution is 6.35. The minimum absolute atomic E-state index is 0.0256. The summed E-state index contributed by atoms with van der Waals surface area (Å²) in [6.45, 7) is 3.75. The maximum Gasteiger partial charge on any atom is 0.265 e. The van der Waals surface area contributed by atoms with Gasteiger partial charge in [-0.25, -0.2) is 0 Å². The van der Waals surface area contributed by atoms with Gasteiger partial charge in [-0.05, 0) is 36.4 Å². The summed E-state index contributed by atoms with van der Waals surface area (Å²) >= 11 is 11.8. The number of anilines is 2. The lowest BCUT2D eigenvalue weighted by atomic mass is 10.2. The van der Waals surface area contributed by atoms with Crippen molar-refractivity contribution in [3.8, 4) is 11.5 Å².